The molecule has 0 bridgehead atoms. The molecule has 98 valence electrons. The maximum Gasteiger partial charge on any atom is 0.191 e. The highest BCUT2D eigenvalue weighted by Crippen LogP contribution is 2.17. The van der Waals surface area contributed by atoms with Crippen molar-refractivity contribution in [1.29, 1.82) is 0 Å². The summed E-state index contributed by atoms with van der Waals surface area (Å²) in [6.45, 7) is 3.36. The lowest BCUT2D eigenvalue weighted by atomic mass is 10.4. The molecule has 0 amide bonds. The van der Waals surface area contributed by atoms with Crippen LogP contribution in [0.25, 0.3) is 0 Å². The highest BCUT2D eigenvalue weighted by atomic mass is 32.2. The van der Waals surface area contributed by atoms with Crippen LogP contribution in [0, 0.1) is 0 Å². The molecule has 6 nitrogen and oxygen atoms in total. The summed E-state index contributed by atoms with van der Waals surface area (Å²) in [5, 5.41) is 9.19. The molecule has 0 aromatic carbocycles. The highest BCUT2D eigenvalue weighted by Gasteiger charge is 2.10. The number of thioether (sulfide) groups is 1. The van der Waals surface area contributed by atoms with E-state index in [1.165, 1.54) is 0 Å². The van der Waals surface area contributed by atoms with Gasteiger partial charge < -0.3 is 14.9 Å². The van der Waals surface area contributed by atoms with E-state index < -0.39 is 0 Å². The second-order valence-electron chi connectivity index (χ2n) is 3.90. The molecule has 0 unspecified atom stereocenters. The standard InChI is InChI=1S/C11H18N6S/c1-3-17-10(8-12)14-15-11(17)18-7-4-9-13-5-6-16(9)2/h5-6H,3-4,7-8,12H2,1-2H3. The first-order chi connectivity index (χ1) is 8.76. The summed E-state index contributed by atoms with van der Waals surface area (Å²) in [5.41, 5.74) is 5.62. The van der Waals surface area contributed by atoms with Crippen LogP contribution in [0.15, 0.2) is 17.6 Å². The molecule has 18 heavy (non-hydrogen) atoms. The third kappa shape index (κ3) is 2.73. The molecule has 2 heterocycles. The molecule has 0 fully saturated rings. The van der Waals surface area contributed by atoms with Gasteiger partial charge in [-0.15, -0.1) is 10.2 Å². The summed E-state index contributed by atoms with van der Waals surface area (Å²) < 4.78 is 4.10. The summed E-state index contributed by atoms with van der Waals surface area (Å²) in [7, 11) is 2.01. The Hall–Kier alpha value is -1.34. The quantitative estimate of drug-likeness (QED) is 0.784. The van der Waals surface area contributed by atoms with Gasteiger partial charge in [0.15, 0.2) is 5.16 Å². The lowest BCUT2D eigenvalue weighted by Gasteiger charge is -2.05. The molecular weight excluding hydrogens is 248 g/mol. The van der Waals surface area contributed by atoms with Crippen LogP contribution in [0.2, 0.25) is 0 Å². The smallest absolute Gasteiger partial charge is 0.191 e. The Labute approximate surface area is 111 Å². The van der Waals surface area contributed by atoms with E-state index in [4.69, 9.17) is 5.73 Å². The molecule has 0 saturated heterocycles. The van der Waals surface area contributed by atoms with Crippen molar-refractivity contribution in [3.05, 3.63) is 24.0 Å². The fourth-order valence-electron chi connectivity index (χ4n) is 1.77. The van der Waals surface area contributed by atoms with Crippen LogP contribution in [0.1, 0.15) is 18.6 Å². The Morgan fingerprint density at radius 3 is 2.78 bits per heavy atom. The van der Waals surface area contributed by atoms with Gasteiger partial charge >= 0.3 is 0 Å². The van der Waals surface area contributed by atoms with Crippen molar-refractivity contribution in [3.63, 3.8) is 0 Å². The summed E-state index contributed by atoms with van der Waals surface area (Å²) in [6.07, 6.45) is 4.70. The number of imidazole rings is 1. The van der Waals surface area contributed by atoms with E-state index in [1.807, 2.05) is 24.0 Å². The fourth-order valence-corrected chi connectivity index (χ4v) is 2.72. The Morgan fingerprint density at radius 2 is 2.17 bits per heavy atom. The zero-order valence-electron chi connectivity index (χ0n) is 10.7. The van der Waals surface area contributed by atoms with Gasteiger partial charge in [0.1, 0.15) is 11.6 Å². The van der Waals surface area contributed by atoms with Crippen LogP contribution in [-0.2, 0) is 26.6 Å². The number of hydrogen-bond donors (Lipinski definition) is 1. The fraction of sp³-hybridized carbons (Fsp3) is 0.545. The van der Waals surface area contributed by atoms with E-state index in [0.29, 0.717) is 6.54 Å². The first kappa shape index (κ1) is 13.1. The largest absolute Gasteiger partial charge is 0.338 e. The second-order valence-corrected chi connectivity index (χ2v) is 4.96. The van der Waals surface area contributed by atoms with E-state index in [-0.39, 0.29) is 0 Å². The van der Waals surface area contributed by atoms with E-state index in [2.05, 4.69) is 26.7 Å². The Bertz CT molecular complexity index is 503. The lowest BCUT2D eigenvalue weighted by Crippen LogP contribution is -2.08. The van der Waals surface area contributed by atoms with E-state index in [9.17, 15) is 0 Å². The molecule has 2 aromatic rings. The molecule has 0 radical (unpaired) electrons. The van der Waals surface area contributed by atoms with Crippen LogP contribution in [0.5, 0.6) is 0 Å². The van der Waals surface area contributed by atoms with Gasteiger partial charge in [-0.2, -0.15) is 0 Å². The van der Waals surface area contributed by atoms with E-state index >= 15 is 0 Å². The van der Waals surface area contributed by atoms with Gasteiger partial charge in [0.25, 0.3) is 0 Å². The van der Waals surface area contributed by atoms with Crippen molar-refractivity contribution in [2.75, 3.05) is 5.75 Å². The zero-order chi connectivity index (χ0) is 13.0. The van der Waals surface area contributed by atoms with Crippen LogP contribution in [0.4, 0.5) is 0 Å². The molecule has 0 aliphatic heterocycles. The lowest BCUT2D eigenvalue weighted by molar-refractivity contribution is 0.642. The van der Waals surface area contributed by atoms with Gasteiger partial charge in [-0.05, 0) is 6.92 Å². The van der Waals surface area contributed by atoms with Gasteiger partial charge in [0.2, 0.25) is 0 Å². The SMILES string of the molecule is CCn1c(CN)nnc1SCCc1nccn1C. The Balaban J connectivity index is 1.94. The number of rotatable bonds is 6. The summed E-state index contributed by atoms with van der Waals surface area (Å²) >= 11 is 1.70. The predicted molar refractivity (Wildman–Crippen MR) is 71.2 cm³/mol. The Morgan fingerprint density at radius 1 is 1.33 bits per heavy atom. The van der Waals surface area contributed by atoms with Crippen molar-refractivity contribution in [2.45, 2.75) is 31.6 Å². The van der Waals surface area contributed by atoms with Gasteiger partial charge in [0, 0.05) is 38.2 Å². The maximum absolute atomic E-state index is 5.62. The van der Waals surface area contributed by atoms with Crippen molar-refractivity contribution < 1.29 is 0 Å². The summed E-state index contributed by atoms with van der Waals surface area (Å²) in [6, 6.07) is 0. The third-order valence-corrected chi connectivity index (χ3v) is 3.74. The van der Waals surface area contributed by atoms with Crippen molar-refractivity contribution in [3.8, 4) is 0 Å². The minimum Gasteiger partial charge on any atom is -0.338 e. The summed E-state index contributed by atoms with van der Waals surface area (Å²) in [5.74, 6) is 2.87. The number of aromatic nitrogens is 5. The van der Waals surface area contributed by atoms with Crippen LogP contribution >= 0.6 is 11.8 Å². The first-order valence-corrected chi connectivity index (χ1v) is 6.96. The van der Waals surface area contributed by atoms with E-state index in [1.54, 1.807) is 11.8 Å². The molecule has 0 aliphatic carbocycles. The molecular formula is C11H18N6S. The number of hydrogen-bond acceptors (Lipinski definition) is 5. The topological polar surface area (TPSA) is 74.6 Å². The van der Waals surface area contributed by atoms with E-state index in [0.717, 1.165) is 35.5 Å². The monoisotopic (exact) mass is 266 g/mol. The van der Waals surface area contributed by atoms with Crippen LogP contribution < -0.4 is 5.73 Å². The average Bonchev–Trinajstić information content (AvgIpc) is 2.96. The molecule has 2 rings (SSSR count). The minimum atomic E-state index is 0.431. The maximum atomic E-state index is 5.62. The average molecular weight is 266 g/mol. The first-order valence-electron chi connectivity index (χ1n) is 5.97. The number of nitrogens with zero attached hydrogens (tertiary/aromatic N) is 5. The predicted octanol–water partition coefficient (Wildman–Crippen LogP) is 0.825. The normalized spacial score (nSPS) is 11.1. The molecule has 2 N–H and O–H groups in total. The second kappa shape index (κ2) is 6.01. The van der Waals surface area contributed by atoms with Crippen molar-refractivity contribution in [2.24, 2.45) is 12.8 Å². The molecule has 0 spiro atoms. The van der Waals surface area contributed by atoms with Gasteiger partial charge in [-0.1, -0.05) is 11.8 Å². The minimum absolute atomic E-state index is 0.431. The molecule has 0 saturated carbocycles. The highest BCUT2D eigenvalue weighted by molar-refractivity contribution is 7.99. The molecule has 0 atom stereocenters. The number of aryl methyl sites for hydroxylation is 2. The van der Waals surface area contributed by atoms with Crippen LogP contribution in [-0.4, -0.2) is 30.1 Å². The molecule has 2 aromatic heterocycles. The van der Waals surface area contributed by atoms with Crippen molar-refractivity contribution in [1.82, 2.24) is 24.3 Å². The third-order valence-electron chi connectivity index (χ3n) is 2.77. The van der Waals surface area contributed by atoms with Crippen LogP contribution in [0.3, 0.4) is 0 Å². The molecule has 0 aliphatic rings. The zero-order valence-corrected chi connectivity index (χ0v) is 11.5. The van der Waals surface area contributed by atoms with Gasteiger partial charge in [0.05, 0.1) is 6.54 Å². The van der Waals surface area contributed by atoms with Crippen molar-refractivity contribution >= 4 is 11.8 Å². The Kier molecular flexibility index (Phi) is 4.38. The number of nitrogens with two attached hydrogens (primary N) is 1. The van der Waals surface area contributed by atoms with Gasteiger partial charge in [-0.3, -0.25) is 0 Å². The summed E-state index contributed by atoms with van der Waals surface area (Å²) in [4.78, 5) is 4.30. The molecule has 7 heteroatoms. The van der Waals surface area contributed by atoms with Gasteiger partial charge in [-0.25, -0.2) is 4.98 Å².